The molecule has 3 amide bonds. The molecule has 1 atom stereocenters. The number of hydrogen-bond acceptors (Lipinski definition) is 4. The summed E-state index contributed by atoms with van der Waals surface area (Å²) in [6.45, 7) is -0.233. The number of carbonyl (C=O) groups is 3. The zero-order chi connectivity index (χ0) is 22.0. The van der Waals surface area contributed by atoms with Crippen LogP contribution in [0.25, 0.3) is 10.9 Å². The summed E-state index contributed by atoms with van der Waals surface area (Å²) in [6.07, 6.45) is 3.48. The molecule has 1 N–H and O–H groups in total. The number of benzene rings is 1. The second-order valence-electron chi connectivity index (χ2n) is 8.04. The van der Waals surface area contributed by atoms with E-state index in [0.29, 0.717) is 29.6 Å². The van der Waals surface area contributed by atoms with Crippen LogP contribution in [-0.4, -0.2) is 70.6 Å². The van der Waals surface area contributed by atoms with Crippen LogP contribution in [0, 0.1) is 0 Å². The number of pyridine rings is 1. The van der Waals surface area contributed by atoms with Gasteiger partial charge in [-0.2, -0.15) is 0 Å². The Morgan fingerprint density at radius 1 is 1.10 bits per heavy atom. The number of fused-ring (bicyclic) bond motifs is 1. The van der Waals surface area contributed by atoms with Gasteiger partial charge in [-0.1, -0.05) is 18.2 Å². The average Bonchev–Trinajstić information content (AvgIpc) is 3.12. The van der Waals surface area contributed by atoms with Gasteiger partial charge in [-0.3, -0.25) is 19.4 Å². The number of hydrogen-bond donors (Lipinski definition) is 1. The molecule has 1 aromatic carbocycles. The van der Waals surface area contributed by atoms with Crippen LogP contribution in [0.5, 0.6) is 0 Å². The average molecular weight is 430 g/mol. The first-order valence-electron chi connectivity index (χ1n) is 10.4. The predicted octanol–water partition coefficient (Wildman–Crippen LogP) is 2.21. The molecule has 2 saturated heterocycles. The Morgan fingerprint density at radius 2 is 1.84 bits per heavy atom. The molecular weight excluding hydrogens is 406 g/mol. The summed E-state index contributed by atoms with van der Waals surface area (Å²) in [5.41, 5.74) is 0.971. The van der Waals surface area contributed by atoms with E-state index in [1.165, 1.54) is 12.3 Å². The Hall–Kier alpha value is -3.10. The molecule has 0 saturated carbocycles. The Balaban J connectivity index is 1.44. The maximum Gasteiger partial charge on any atom is 0.267 e. The summed E-state index contributed by atoms with van der Waals surface area (Å²) in [4.78, 5) is 44.9. The van der Waals surface area contributed by atoms with Crippen LogP contribution < -0.4 is 5.32 Å². The molecule has 2 aliphatic rings. The number of carbonyl (C=O) groups excluding carboxylic acids is 3. The first-order valence-corrected chi connectivity index (χ1v) is 10.4. The quantitative estimate of drug-likeness (QED) is 0.806. The minimum Gasteiger partial charge on any atom is -0.343 e. The van der Waals surface area contributed by atoms with Gasteiger partial charge in [0.2, 0.25) is 11.8 Å². The predicted molar refractivity (Wildman–Crippen MR) is 110 cm³/mol. The molecule has 9 heteroatoms. The lowest BCUT2D eigenvalue weighted by molar-refractivity contribution is -0.143. The first-order chi connectivity index (χ1) is 14.9. The lowest BCUT2D eigenvalue weighted by atomic mass is 10.1. The number of halogens is 2. The highest BCUT2D eigenvalue weighted by Gasteiger charge is 2.50. The smallest absolute Gasteiger partial charge is 0.267 e. The topological polar surface area (TPSA) is 82.6 Å². The fourth-order valence-corrected chi connectivity index (χ4v) is 4.27. The number of aromatic nitrogens is 1. The van der Waals surface area contributed by atoms with Gasteiger partial charge in [0.25, 0.3) is 11.8 Å². The van der Waals surface area contributed by atoms with Crippen LogP contribution in [0.15, 0.2) is 36.5 Å². The molecule has 2 aliphatic heterocycles. The van der Waals surface area contributed by atoms with Crippen molar-refractivity contribution in [3.05, 3.63) is 42.1 Å². The van der Waals surface area contributed by atoms with Gasteiger partial charge < -0.3 is 15.1 Å². The largest absolute Gasteiger partial charge is 0.343 e. The SMILES string of the molecule is O=C(NCC(=O)N1CC(F)(F)C[C@H]1C(=O)N1CCCCC1)c1ccnc2ccccc12. The number of para-hydroxylation sites is 1. The van der Waals surface area contributed by atoms with Crippen molar-refractivity contribution in [1.82, 2.24) is 20.1 Å². The Bertz CT molecular complexity index is 1000. The van der Waals surface area contributed by atoms with Crippen molar-refractivity contribution in [3.8, 4) is 0 Å². The van der Waals surface area contributed by atoms with Crippen LogP contribution in [-0.2, 0) is 9.59 Å². The lowest BCUT2D eigenvalue weighted by Gasteiger charge is -2.32. The van der Waals surface area contributed by atoms with E-state index in [1.807, 2.05) is 0 Å². The summed E-state index contributed by atoms with van der Waals surface area (Å²) in [5.74, 6) is -4.76. The van der Waals surface area contributed by atoms with E-state index >= 15 is 0 Å². The van der Waals surface area contributed by atoms with Crippen LogP contribution in [0.4, 0.5) is 8.78 Å². The monoisotopic (exact) mass is 430 g/mol. The van der Waals surface area contributed by atoms with E-state index in [9.17, 15) is 23.2 Å². The highest BCUT2D eigenvalue weighted by molar-refractivity contribution is 6.06. The van der Waals surface area contributed by atoms with E-state index in [2.05, 4.69) is 10.3 Å². The van der Waals surface area contributed by atoms with Gasteiger partial charge in [0.05, 0.1) is 24.2 Å². The van der Waals surface area contributed by atoms with Gasteiger partial charge in [-0.15, -0.1) is 0 Å². The second kappa shape index (κ2) is 8.56. The fourth-order valence-electron chi connectivity index (χ4n) is 4.27. The van der Waals surface area contributed by atoms with Crippen LogP contribution in [0.3, 0.4) is 0 Å². The molecule has 0 spiro atoms. The highest BCUT2D eigenvalue weighted by atomic mass is 19.3. The fraction of sp³-hybridized carbons (Fsp3) is 0.455. The van der Waals surface area contributed by atoms with Crippen molar-refractivity contribution in [2.75, 3.05) is 26.2 Å². The molecule has 4 rings (SSSR count). The van der Waals surface area contributed by atoms with Gasteiger partial charge in [0.15, 0.2) is 0 Å². The minimum absolute atomic E-state index is 0.339. The van der Waals surface area contributed by atoms with Crippen LogP contribution in [0.2, 0.25) is 0 Å². The molecule has 2 aromatic rings. The van der Waals surface area contributed by atoms with Gasteiger partial charge in [0, 0.05) is 31.1 Å². The zero-order valence-electron chi connectivity index (χ0n) is 17.0. The van der Waals surface area contributed by atoms with E-state index in [-0.39, 0.29) is 0 Å². The summed E-state index contributed by atoms with van der Waals surface area (Å²) in [7, 11) is 0. The van der Waals surface area contributed by atoms with Crippen molar-refractivity contribution in [3.63, 3.8) is 0 Å². The number of nitrogens with one attached hydrogen (secondary N) is 1. The summed E-state index contributed by atoms with van der Waals surface area (Å²) in [5, 5.41) is 3.13. The van der Waals surface area contributed by atoms with Crippen molar-refractivity contribution in [1.29, 1.82) is 0 Å². The zero-order valence-corrected chi connectivity index (χ0v) is 17.0. The van der Waals surface area contributed by atoms with Gasteiger partial charge in [-0.05, 0) is 31.4 Å². The molecule has 1 aromatic heterocycles. The molecule has 164 valence electrons. The lowest BCUT2D eigenvalue weighted by Crippen LogP contribution is -2.51. The second-order valence-corrected chi connectivity index (χ2v) is 8.04. The Kier molecular flexibility index (Phi) is 5.84. The third-order valence-electron chi connectivity index (χ3n) is 5.84. The summed E-state index contributed by atoms with van der Waals surface area (Å²) >= 11 is 0. The van der Waals surface area contributed by atoms with E-state index < -0.39 is 49.2 Å². The van der Waals surface area contributed by atoms with Gasteiger partial charge >= 0.3 is 0 Å². The van der Waals surface area contributed by atoms with Gasteiger partial charge in [0.1, 0.15) is 6.04 Å². The molecule has 0 radical (unpaired) electrons. The number of piperidine rings is 1. The number of amides is 3. The first kappa shape index (κ1) is 21.1. The third-order valence-corrected chi connectivity index (χ3v) is 5.84. The maximum atomic E-state index is 14.1. The van der Waals surface area contributed by atoms with Crippen molar-refractivity contribution >= 4 is 28.6 Å². The molecule has 2 fully saturated rings. The molecule has 0 bridgehead atoms. The van der Waals surface area contributed by atoms with Crippen LogP contribution >= 0.6 is 0 Å². The van der Waals surface area contributed by atoms with E-state index in [1.54, 1.807) is 29.2 Å². The normalized spacial score (nSPS) is 20.6. The number of rotatable bonds is 4. The minimum atomic E-state index is -3.13. The Morgan fingerprint density at radius 3 is 2.61 bits per heavy atom. The standard InChI is InChI=1S/C22H24F2N4O3/c23-22(24)12-18(21(31)27-10-4-1-5-11-27)28(14-22)19(29)13-26-20(30)16-8-9-25-17-7-3-2-6-15(16)17/h2-3,6-9,18H,1,4-5,10-14H2,(H,26,30)/t18-/m0/s1. The maximum absolute atomic E-state index is 14.1. The molecule has 31 heavy (non-hydrogen) atoms. The molecule has 3 heterocycles. The molecular formula is C22H24F2N4O3. The number of likely N-dealkylation sites (tertiary alicyclic amines) is 2. The molecule has 0 aliphatic carbocycles. The third kappa shape index (κ3) is 4.50. The van der Waals surface area contributed by atoms with Crippen molar-refractivity contribution in [2.45, 2.75) is 37.6 Å². The summed E-state index contributed by atoms with van der Waals surface area (Å²) < 4.78 is 28.2. The van der Waals surface area contributed by atoms with Gasteiger partial charge in [-0.25, -0.2) is 8.78 Å². The summed E-state index contributed by atoms with van der Waals surface area (Å²) in [6, 6.07) is 7.42. The number of nitrogens with zero attached hydrogens (tertiary/aromatic N) is 3. The molecule has 7 nitrogen and oxygen atoms in total. The van der Waals surface area contributed by atoms with Crippen molar-refractivity contribution in [2.24, 2.45) is 0 Å². The van der Waals surface area contributed by atoms with Crippen LogP contribution in [0.1, 0.15) is 36.0 Å². The Labute approximate surface area is 178 Å². The molecule has 0 unspecified atom stereocenters. The number of alkyl halides is 2. The highest BCUT2D eigenvalue weighted by Crippen LogP contribution is 2.33. The van der Waals surface area contributed by atoms with Crippen molar-refractivity contribution < 1.29 is 23.2 Å². The van der Waals surface area contributed by atoms with E-state index in [4.69, 9.17) is 0 Å². The van der Waals surface area contributed by atoms with E-state index in [0.717, 1.165) is 24.2 Å².